The fraction of sp³-hybridized carbons (Fsp3) is 0. The van der Waals surface area contributed by atoms with Gasteiger partial charge in [0.15, 0.2) is 0 Å². The summed E-state index contributed by atoms with van der Waals surface area (Å²) in [6, 6.07) is 23.9. The Kier molecular flexibility index (Phi) is 3.60. The Morgan fingerprint density at radius 1 is 0.522 bits per heavy atom. The lowest BCUT2D eigenvalue weighted by atomic mass is 10.1. The van der Waals surface area contributed by atoms with Crippen molar-refractivity contribution in [2.75, 3.05) is 0 Å². The third kappa shape index (κ3) is 2.52. The van der Waals surface area contributed by atoms with E-state index in [1.807, 2.05) is 60.7 Å². The van der Waals surface area contributed by atoms with Gasteiger partial charge in [0.25, 0.3) is 0 Å². The highest BCUT2D eigenvalue weighted by Crippen LogP contribution is 2.39. The van der Waals surface area contributed by atoms with Gasteiger partial charge in [0.1, 0.15) is 0 Å². The van der Waals surface area contributed by atoms with Crippen molar-refractivity contribution in [3.05, 3.63) is 82.8 Å². The third-order valence-corrected chi connectivity index (χ3v) is 4.54. The zero-order valence-electron chi connectivity index (χ0n) is 12.1. The van der Waals surface area contributed by atoms with E-state index < -0.39 is 0 Å². The minimum atomic E-state index is 0.618. The molecule has 4 aromatic rings. The summed E-state index contributed by atoms with van der Waals surface area (Å²) in [5.41, 5.74) is 1.51. The third-order valence-electron chi connectivity index (χ3n) is 3.93. The number of nitrogens with zero attached hydrogens (tertiary/aromatic N) is 1. The molecular weight excluding hydrogens is 325 g/mol. The van der Waals surface area contributed by atoms with Gasteiger partial charge in [0, 0.05) is 10.8 Å². The number of fused-ring (bicyclic) bond motifs is 2. The Bertz CT molecular complexity index is 941. The number of rotatable bonds is 2. The summed E-state index contributed by atoms with van der Waals surface area (Å²) >= 11 is 12.8. The van der Waals surface area contributed by atoms with E-state index >= 15 is 0 Å². The SMILES string of the molecule is Clc1ccc2ccccc2c1[N]c1c(Cl)ccc2ccccc12. The molecule has 0 saturated heterocycles. The molecule has 0 atom stereocenters. The Hall–Kier alpha value is -2.22. The number of hydrogen-bond donors (Lipinski definition) is 0. The summed E-state index contributed by atoms with van der Waals surface area (Å²) in [6.45, 7) is 0. The van der Waals surface area contributed by atoms with Gasteiger partial charge in [-0.25, -0.2) is 5.32 Å². The predicted octanol–water partition coefficient (Wildman–Crippen LogP) is 6.87. The molecule has 111 valence electrons. The first kappa shape index (κ1) is 14.4. The Morgan fingerprint density at radius 2 is 0.957 bits per heavy atom. The van der Waals surface area contributed by atoms with Crippen molar-refractivity contribution < 1.29 is 0 Å². The van der Waals surface area contributed by atoms with Crippen LogP contribution in [0.25, 0.3) is 21.5 Å². The van der Waals surface area contributed by atoms with Crippen LogP contribution in [0.1, 0.15) is 0 Å². The van der Waals surface area contributed by atoms with Crippen molar-refractivity contribution in [3.63, 3.8) is 0 Å². The number of benzene rings is 4. The highest BCUT2D eigenvalue weighted by molar-refractivity contribution is 6.36. The van der Waals surface area contributed by atoms with E-state index in [1.54, 1.807) is 0 Å². The van der Waals surface area contributed by atoms with E-state index in [2.05, 4.69) is 12.1 Å². The molecule has 0 N–H and O–H groups in total. The van der Waals surface area contributed by atoms with Crippen molar-refractivity contribution in [1.29, 1.82) is 0 Å². The largest absolute Gasteiger partial charge is 0.245 e. The Labute approximate surface area is 144 Å². The first-order valence-electron chi connectivity index (χ1n) is 7.30. The molecule has 23 heavy (non-hydrogen) atoms. The van der Waals surface area contributed by atoms with Gasteiger partial charge < -0.3 is 0 Å². The van der Waals surface area contributed by atoms with Crippen LogP contribution in [0.4, 0.5) is 11.4 Å². The van der Waals surface area contributed by atoms with Crippen LogP contribution < -0.4 is 5.32 Å². The summed E-state index contributed by atoms with van der Waals surface area (Å²) in [5.74, 6) is 0. The second-order valence-electron chi connectivity index (χ2n) is 5.35. The monoisotopic (exact) mass is 336 g/mol. The molecule has 0 heterocycles. The maximum Gasteiger partial charge on any atom is 0.0902 e. The molecule has 0 unspecified atom stereocenters. The lowest BCUT2D eigenvalue weighted by Crippen LogP contribution is -1.94. The van der Waals surface area contributed by atoms with Gasteiger partial charge in [-0.1, -0.05) is 83.9 Å². The van der Waals surface area contributed by atoms with Gasteiger partial charge in [0.05, 0.1) is 21.4 Å². The number of hydrogen-bond acceptors (Lipinski definition) is 0. The summed E-state index contributed by atoms with van der Waals surface area (Å²) in [7, 11) is 0. The van der Waals surface area contributed by atoms with Crippen LogP contribution in [0.3, 0.4) is 0 Å². The molecule has 1 radical (unpaired) electrons. The fourth-order valence-electron chi connectivity index (χ4n) is 2.80. The van der Waals surface area contributed by atoms with Crippen LogP contribution in [-0.4, -0.2) is 0 Å². The Morgan fingerprint density at radius 3 is 1.43 bits per heavy atom. The summed E-state index contributed by atoms with van der Waals surface area (Å²) in [4.78, 5) is 0. The molecule has 0 aliphatic rings. The topological polar surface area (TPSA) is 14.1 Å². The molecular formula is C20H12Cl2N. The van der Waals surface area contributed by atoms with Gasteiger partial charge in [-0.2, -0.15) is 0 Å². The average Bonchev–Trinajstić information content (AvgIpc) is 2.59. The van der Waals surface area contributed by atoms with Gasteiger partial charge in [-0.15, -0.1) is 0 Å². The average molecular weight is 337 g/mol. The van der Waals surface area contributed by atoms with E-state index in [0.717, 1.165) is 32.9 Å². The molecule has 0 aromatic heterocycles. The Balaban J connectivity index is 1.95. The smallest absolute Gasteiger partial charge is 0.0902 e. The molecule has 4 aromatic carbocycles. The van der Waals surface area contributed by atoms with Crippen LogP contribution in [0.5, 0.6) is 0 Å². The van der Waals surface area contributed by atoms with Gasteiger partial charge in [-0.05, 0) is 22.9 Å². The van der Waals surface area contributed by atoms with Crippen LogP contribution in [0.15, 0.2) is 72.8 Å². The van der Waals surface area contributed by atoms with Crippen LogP contribution in [0.2, 0.25) is 10.0 Å². The molecule has 0 aliphatic carbocycles. The first-order valence-corrected chi connectivity index (χ1v) is 8.06. The zero-order valence-corrected chi connectivity index (χ0v) is 13.6. The lowest BCUT2D eigenvalue weighted by Gasteiger charge is -2.13. The van der Waals surface area contributed by atoms with Crippen molar-refractivity contribution in [2.45, 2.75) is 0 Å². The first-order chi connectivity index (χ1) is 11.2. The fourth-order valence-corrected chi connectivity index (χ4v) is 3.21. The maximum absolute atomic E-state index is 6.42. The molecule has 0 aliphatic heterocycles. The van der Waals surface area contributed by atoms with Gasteiger partial charge in [0.2, 0.25) is 0 Å². The summed E-state index contributed by atoms with van der Waals surface area (Å²) in [6.07, 6.45) is 0. The molecule has 4 rings (SSSR count). The van der Waals surface area contributed by atoms with Crippen LogP contribution in [0, 0.1) is 0 Å². The van der Waals surface area contributed by atoms with E-state index in [4.69, 9.17) is 28.5 Å². The highest BCUT2D eigenvalue weighted by Gasteiger charge is 2.13. The molecule has 0 fully saturated rings. The summed E-state index contributed by atoms with van der Waals surface area (Å²) < 4.78 is 0. The maximum atomic E-state index is 6.42. The van der Waals surface area contributed by atoms with Gasteiger partial charge in [-0.3, -0.25) is 0 Å². The van der Waals surface area contributed by atoms with Gasteiger partial charge >= 0.3 is 0 Å². The lowest BCUT2D eigenvalue weighted by molar-refractivity contribution is 1.22. The van der Waals surface area contributed by atoms with Crippen molar-refractivity contribution >= 4 is 56.1 Å². The standard InChI is InChI=1S/C20H12Cl2N/c21-17-11-9-13-5-1-3-7-15(13)19(17)23-20-16-8-4-2-6-14(16)10-12-18(20)22/h1-12H. The van der Waals surface area contributed by atoms with Crippen LogP contribution >= 0.6 is 23.2 Å². The van der Waals surface area contributed by atoms with Crippen molar-refractivity contribution in [3.8, 4) is 0 Å². The minimum Gasteiger partial charge on any atom is -0.245 e. The van der Waals surface area contributed by atoms with Crippen molar-refractivity contribution in [2.24, 2.45) is 0 Å². The minimum absolute atomic E-state index is 0.618. The van der Waals surface area contributed by atoms with Crippen LogP contribution in [-0.2, 0) is 0 Å². The molecule has 0 spiro atoms. The second kappa shape index (κ2) is 5.77. The van der Waals surface area contributed by atoms with E-state index in [-0.39, 0.29) is 0 Å². The van der Waals surface area contributed by atoms with E-state index in [9.17, 15) is 0 Å². The molecule has 3 heteroatoms. The quantitative estimate of drug-likeness (QED) is 0.379. The predicted molar refractivity (Wildman–Crippen MR) is 99.4 cm³/mol. The highest BCUT2D eigenvalue weighted by atomic mass is 35.5. The summed E-state index contributed by atoms with van der Waals surface area (Å²) in [5, 5.41) is 10.3. The van der Waals surface area contributed by atoms with E-state index in [1.165, 1.54) is 0 Å². The molecule has 0 bridgehead atoms. The van der Waals surface area contributed by atoms with E-state index in [0.29, 0.717) is 10.0 Å². The number of halogens is 2. The zero-order chi connectivity index (χ0) is 15.8. The second-order valence-corrected chi connectivity index (χ2v) is 6.16. The molecule has 0 amide bonds. The van der Waals surface area contributed by atoms with Crippen molar-refractivity contribution in [1.82, 2.24) is 5.32 Å². The normalized spacial score (nSPS) is 11.0. The molecule has 1 nitrogen and oxygen atoms in total. The molecule has 0 saturated carbocycles.